The summed E-state index contributed by atoms with van der Waals surface area (Å²) in [7, 11) is 1.67. The number of hydrogen-bond acceptors (Lipinski definition) is 3. The predicted octanol–water partition coefficient (Wildman–Crippen LogP) is 2.16. The number of rotatable bonds is 7. The molecule has 2 N–H and O–H groups in total. The second-order valence-electron chi connectivity index (χ2n) is 6.71. The first kappa shape index (κ1) is 17.8. The van der Waals surface area contributed by atoms with Gasteiger partial charge in [-0.1, -0.05) is 24.3 Å². The van der Waals surface area contributed by atoms with E-state index in [2.05, 4.69) is 53.6 Å². The van der Waals surface area contributed by atoms with E-state index in [4.69, 9.17) is 4.74 Å². The zero-order valence-corrected chi connectivity index (χ0v) is 14.5. The number of nitrogens with zero attached hydrogens (tertiary/aromatic N) is 1. The predicted molar refractivity (Wildman–Crippen MR) is 92.5 cm³/mol. The fraction of sp³-hybridized carbons (Fsp3) is 0.611. The zero-order valence-electron chi connectivity index (χ0n) is 14.5. The number of amides is 2. The van der Waals surface area contributed by atoms with Gasteiger partial charge in [0.2, 0.25) is 0 Å². The van der Waals surface area contributed by atoms with E-state index >= 15 is 0 Å². The Labute approximate surface area is 139 Å². The van der Waals surface area contributed by atoms with Crippen molar-refractivity contribution in [1.29, 1.82) is 0 Å². The van der Waals surface area contributed by atoms with E-state index in [-0.39, 0.29) is 11.6 Å². The molecule has 1 aliphatic rings. The third-order valence-electron chi connectivity index (χ3n) is 4.48. The number of fused-ring (bicyclic) bond motifs is 1. The molecule has 5 heteroatoms. The van der Waals surface area contributed by atoms with Crippen LogP contribution in [0.1, 0.15) is 31.4 Å². The molecule has 1 aromatic rings. The number of hydrogen-bond donors (Lipinski definition) is 2. The van der Waals surface area contributed by atoms with E-state index in [9.17, 15) is 4.79 Å². The summed E-state index contributed by atoms with van der Waals surface area (Å²) in [5, 5.41) is 5.85. The van der Waals surface area contributed by atoms with E-state index in [1.54, 1.807) is 7.11 Å². The van der Waals surface area contributed by atoms with Gasteiger partial charge in [-0.2, -0.15) is 0 Å². The minimum absolute atomic E-state index is 0.0720. The third-order valence-corrected chi connectivity index (χ3v) is 4.48. The van der Waals surface area contributed by atoms with Crippen molar-refractivity contribution in [1.82, 2.24) is 15.5 Å². The summed E-state index contributed by atoms with van der Waals surface area (Å²) in [6.45, 7) is 8.28. The first-order valence-electron chi connectivity index (χ1n) is 8.35. The number of carbonyl (C=O) groups excluding carboxylic acids is 1. The number of ether oxygens (including phenoxy) is 1. The molecule has 2 amide bonds. The lowest BCUT2D eigenvalue weighted by atomic mass is 9.94. The van der Waals surface area contributed by atoms with Crippen molar-refractivity contribution in [2.75, 3.05) is 33.4 Å². The number of benzene rings is 1. The smallest absolute Gasteiger partial charge is 0.314 e. The van der Waals surface area contributed by atoms with Gasteiger partial charge >= 0.3 is 6.03 Å². The van der Waals surface area contributed by atoms with E-state index in [0.29, 0.717) is 19.7 Å². The van der Waals surface area contributed by atoms with Crippen molar-refractivity contribution in [2.45, 2.75) is 38.8 Å². The van der Waals surface area contributed by atoms with Gasteiger partial charge in [0, 0.05) is 45.4 Å². The highest BCUT2D eigenvalue weighted by atomic mass is 16.5. The van der Waals surface area contributed by atoms with Crippen molar-refractivity contribution < 1.29 is 9.53 Å². The molecule has 1 heterocycles. The molecule has 1 aromatic carbocycles. The normalized spacial score (nSPS) is 15.1. The van der Waals surface area contributed by atoms with Crippen LogP contribution in [0.3, 0.4) is 0 Å². The van der Waals surface area contributed by atoms with Crippen LogP contribution in [0.4, 0.5) is 4.79 Å². The van der Waals surface area contributed by atoms with Gasteiger partial charge in [-0.05, 0) is 37.8 Å². The number of urea groups is 1. The first-order chi connectivity index (χ1) is 11.0. The highest BCUT2D eigenvalue weighted by Gasteiger charge is 2.29. The minimum Gasteiger partial charge on any atom is -0.385 e. The van der Waals surface area contributed by atoms with Crippen LogP contribution in [0.5, 0.6) is 0 Å². The quantitative estimate of drug-likeness (QED) is 0.757. The van der Waals surface area contributed by atoms with Gasteiger partial charge in [0.25, 0.3) is 0 Å². The summed E-state index contributed by atoms with van der Waals surface area (Å²) in [5.74, 6) is 0. The molecule has 0 aliphatic carbocycles. The Hall–Kier alpha value is -1.59. The average Bonchev–Trinajstić information content (AvgIpc) is 2.56. The maximum atomic E-state index is 11.9. The van der Waals surface area contributed by atoms with Crippen molar-refractivity contribution in [3.8, 4) is 0 Å². The zero-order chi connectivity index (χ0) is 16.7. The van der Waals surface area contributed by atoms with Gasteiger partial charge < -0.3 is 15.4 Å². The van der Waals surface area contributed by atoms with E-state index in [1.165, 1.54) is 11.1 Å². The largest absolute Gasteiger partial charge is 0.385 e. The Bertz CT molecular complexity index is 517. The van der Waals surface area contributed by atoms with Crippen molar-refractivity contribution in [3.05, 3.63) is 35.4 Å². The van der Waals surface area contributed by atoms with Crippen LogP contribution in [0, 0.1) is 0 Å². The van der Waals surface area contributed by atoms with Crippen LogP contribution >= 0.6 is 0 Å². The number of nitrogens with one attached hydrogen (secondary N) is 2. The number of carbonyl (C=O) groups is 1. The molecule has 1 aliphatic heterocycles. The fourth-order valence-electron chi connectivity index (χ4n) is 2.90. The Balaban J connectivity index is 1.79. The summed E-state index contributed by atoms with van der Waals surface area (Å²) < 4.78 is 4.97. The SMILES string of the molecule is COCCCNC(=O)NCC(C)(C)N1CCc2ccccc2C1. The maximum absolute atomic E-state index is 11.9. The molecular weight excluding hydrogens is 290 g/mol. The molecule has 0 fully saturated rings. The average molecular weight is 319 g/mol. The summed E-state index contributed by atoms with van der Waals surface area (Å²) in [4.78, 5) is 14.3. The van der Waals surface area contributed by atoms with E-state index < -0.39 is 0 Å². The molecule has 128 valence electrons. The molecule has 5 nitrogen and oxygen atoms in total. The Kier molecular flexibility index (Phi) is 6.42. The van der Waals surface area contributed by atoms with Crippen LogP contribution < -0.4 is 10.6 Å². The lowest BCUT2D eigenvalue weighted by Crippen LogP contribution is -2.54. The summed E-state index contributed by atoms with van der Waals surface area (Å²) in [5.41, 5.74) is 2.77. The number of methoxy groups -OCH3 is 1. The van der Waals surface area contributed by atoms with Crippen LogP contribution in [0.25, 0.3) is 0 Å². The van der Waals surface area contributed by atoms with Gasteiger partial charge in [-0.15, -0.1) is 0 Å². The second-order valence-corrected chi connectivity index (χ2v) is 6.71. The summed E-state index contributed by atoms with van der Waals surface area (Å²) >= 11 is 0. The van der Waals surface area contributed by atoms with Crippen molar-refractivity contribution in [2.24, 2.45) is 0 Å². The van der Waals surface area contributed by atoms with Crippen LogP contribution in [0.2, 0.25) is 0 Å². The molecule has 0 atom stereocenters. The second kappa shape index (κ2) is 8.31. The third kappa shape index (κ3) is 5.22. The molecule has 0 radical (unpaired) electrons. The Morgan fingerprint density at radius 2 is 2.00 bits per heavy atom. The summed E-state index contributed by atoms with van der Waals surface area (Å²) in [6, 6.07) is 8.52. The van der Waals surface area contributed by atoms with Gasteiger partial charge in [-0.25, -0.2) is 4.79 Å². The first-order valence-corrected chi connectivity index (χ1v) is 8.35. The van der Waals surface area contributed by atoms with Crippen molar-refractivity contribution in [3.63, 3.8) is 0 Å². The van der Waals surface area contributed by atoms with Crippen LogP contribution in [0.15, 0.2) is 24.3 Å². The van der Waals surface area contributed by atoms with Gasteiger partial charge in [0.1, 0.15) is 0 Å². The lowest BCUT2D eigenvalue weighted by molar-refractivity contribution is 0.104. The van der Waals surface area contributed by atoms with Gasteiger partial charge in [0.15, 0.2) is 0 Å². The topological polar surface area (TPSA) is 53.6 Å². The molecule has 0 aromatic heterocycles. The highest BCUT2D eigenvalue weighted by Crippen LogP contribution is 2.24. The Morgan fingerprint density at radius 3 is 2.74 bits per heavy atom. The van der Waals surface area contributed by atoms with Crippen LogP contribution in [-0.4, -0.2) is 49.8 Å². The highest BCUT2D eigenvalue weighted by molar-refractivity contribution is 5.73. The fourth-order valence-corrected chi connectivity index (χ4v) is 2.90. The van der Waals surface area contributed by atoms with Gasteiger partial charge in [-0.3, -0.25) is 4.90 Å². The summed E-state index contributed by atoms with van der Waals surface area (Å²) in [6.07, 6.45) is 1.90. The van der Waals surface area contributed by atoms with Crippen LogP contribution in [-0.2, 0) is 17.7 Å². The molecule has 0 spiro atoms. The monoisotopic (exact) mass is 319 g/mol. The molecule has 0 unspecified atom stereocenters. The molecule has 0 saturated heterocycles. The molecule has 0 bridgehead atoms. The molecule has 2 rings (SSSR count). The Morgan fingerprint density at radius 1 is 1.26 bits per heavy atom. The minimum atomic E-state index is -0.105. The lowest BCUT2D eigenvalue weighted by Gasteiger charge is -2.41. The standard InChI is InChI=1S/C18H29N3O2/c1-18(2,14-20-17(22)19-10-6-12-23-3)21-11-9-15-7-4-5-8-16(15)13-21/h4-5,7-8H,6,9-14H2,1-3H3,(H2,19,20,22). The maximum Gasteiger partial charge on any atom is 0.314 e. The van der Waals surface area contributed by atoms with Gasteiger partial charge in [0.05, 0.1) is 0 Å². The van der Waals surface area contributed by atoms with E-state index in [0.717, 1.165) is 25.9 Å². The van der Waals surface area contributed by atoms with Crippen molar-refractivity contribution >= 4 is 6.03 Å². The molecule has 0 saturated carbocycles. The molecular formula is C18H29N3O2. The van der Waals surface area contributed by atoms with E-state index in [1.807, 2.05) is 0 Å². The molecule has 23 heavy (non-hydrogen) atoms.